The Bertz CT molecular complexity index is 1210. The molecule has 0 spiro atoms. The first-order valence-electron chi connectivity index (χ1n) is 10.0. The van der Waals surface area contributed by atoms with Crippen LogP contribution in [0.1, 0.15) is 29.3 Å². The molecule has 0 saturated carbocycles. The van der Waals surface area contributed by atoms with Crippen LogP contribution >= 0.6 is 11.3 Å². The van der Waals surface area contributed by atoms with Crippen LogP contribution in [-0.2, 0) is 24.2 Å². The Hall–Kier alpha value is -3.20. The lowest BCUT2D eigenvalue weighted by Crippen LogP contribution is -2.30. The Balaban J connectivity index is 1.47. The van der Waals surface area contributed by atoms with Crippen molar-refractivity contribution in [3.05, 3.63) is 50.9 Å². The number of nitrogens with one attached hydrogen (secondary N) is 1. The minimum absolute atomic E-state index is 0.147. The lowest BCUT2D eigenvalue weighted by Gasteiger charge is -2.17. The molecule has 1 atom stereocenters. The monoisotopic (exact) mass is 440 g/mol. The number of aryl methyl sites for hydroxylation is 1. The molecule has 0 radical (unpaired) electrons. The standard InChI is InChI=1S/C22H24N4O4S/c1-13-4-6-15-18(8-13)31-21-20(15)22(28)26(12-23-21)11-19(27)25-24-10-14-5-7-16(29-2)17(9-14)30-3/h5,7,9-10,12-13H,4,6,8,11H2,1-3H3,(H,25,27)/t13-/m0/s1. The number of aromatic nitrogens is 2. The number of hydrazone groups is 1. The summed E-state index contributed by atoms with van der Waals surface area (Å²) in [5.74, 6) is 1.39. The Morgan fingerprint density at radius 3 is 2.94 bits per heavy atom. The van der Waals surface area contributed by atoms with Gasteiger partial charge in [-0.15, -0.1) is 11.3 Å². The van der Waals surface area contributed by atoms with Crippen LogP contribution in [0.2, 0.25) is 0 Å². The lowest BCUT2D eigenvalue weighted by atomic mass is 9.89. The molecule has 2 heterocycles. The molecule has 8 nitrogen and oxygen atoms in total. The fourth-order valence-electron chi connectivity index (χ4n) is 3.78. The molecule has 0 unspecified atom stereocenters. The number of hydrogen-bond acceptors (Lipinski definition) is 7. The molecular formula is C22H24N4O4S. The Morgan fingerprint density at radius 2 is 2.16 bits per heavy atom. The number of carbonyl (C=O) groups excluding carboxylic acids is 1. The number of benzene rings is 1. The van der Waals surface area contributed by atoms with Gasteiger partial charge in [0.2, 0.25) is 0 Å². The predicted octanol–water partition coefficient (Wildman–Crippen LogP) is 2.75. The summed E-state index contributed by atoms with van der Waals surface area (Å²) in [5.41, 5.74) is 4.13. The molecule has 0 bridgehead atoms. The molecule has 31 heavy (non-hydrogen) atoms. The molecule has 1 aromatic carbocycles. The number of rotatable bonds is 6. The minimum Gasteiger partial charge on any atom is -0.493 e. The first-order valence-corrected chi connectivity index (χ1v) is 10.9. The second kappa shape index (κ2) is 8.89. The van der Waals surface area contributed by atoms with E-state index in [2.05, 4.69) is 22.4 Å². The first kappa shape index (κ1) is 21.0. The van der Waals surface area contributed by atoms with Gasteiger partial charge in [0.1, 0.15) is 11.4 Å². The third-order valence-electron chi connectivity index (χ3n) is 5.41. The summed E-state index contributed by atoms with van der Waals surface area (Å²) in [6, 6.07) is 5.29. The number of carbonyl (C=O) groups is 1. The molecule has 1 aliphatic carbocycles. The fraction of sp³-hybridized carbons (Fsp3) is 0.364. The third kappa shape index (κ3) is 4.32. The zero-order valence-corrected chi connectivity index (χ0v) is 18.5. The maximum Gasteiger partial charge on any atom is 0.262 e. The van der Waals surface area contributed by atoms with E-state index in [0.29, 0.717) is 22.8 Å². The Labute approximate surface area is 183 Å². The highest BCUT2D eigenvalue weighted by atomic mass is 32.1. The van der Waals surface area contributed by atoms with Crippen molar-refractivity contribution in [3.8, 4) is 11.5 Å². The number of hydrogen-bond donors (Lipinski definition) is 1. The highest BCUT2D eigenvalue weighted by Crippen LogP contribution is 2.35. The van der Waals surface area contributed by atoms with E-state index in [1.165, 1.54) is 22.0 Å². The van der Waals surface area contributed by atoms with Gasteiger partial charge < -0.3 is 9.47 Å². The van der Waals surface area contributed by atoms with Gasteiger partial charge in [0.25, 0.3) is 11.5 Å². The van der Waals surface area contributed by atoms with Crippen molar-refractivity contribution >= 4 is 33.7 Å². The summed E-state index contributed by atoms with van der Waals surface area (Å²) in [5, 5.41) is 4.64. The molecule has 2 aromatic heterocycles. The quantitative estimate of drug-likeness (QED) is 0.470. The number of nitrogens with zero attached hydrogens (tertiary/aromatic N) is 3. The molecule has 1 amide bonds. The van der Waals surface area contributed by atoms with Gasteiger partial charge in [0, 0.05) is 4.88 Å². The van der Waals surface area contributed by atoms with E-state index in [9.17, 15) is 9.59 Å². The second-order valence-electron chi connectivity index (χ2n) is 7.62. The summed E-state index contributed by atoms with van der Waals surface area (Å²) in [4.78, 5) is 31.8. The van der Waals surface area contributed by atoms with E-state index < -0.39 is 5.91 Å². The van der Waals surface area contributed by atoms with Crippen LogP contribution in [0.4, 0.5) is 0 Å². The Kier molecular flexibility index (Phi) is 6.03. The van der Waals surface area contributed by atoms with Crippen LogP contribution in [0, 0.1) is 5.92 Å². The van der Waals surface area contributed by atoms with Gasteiger partial charge in [-0.1, -0.05) is 6.92 Å². The van der Waals surface area contributed by atoms with Gasteiger partial charge in [-0.2, -0.15) is 5.10 Å². The molecule has 0 saturated heterocycles. The molecular weight excluding hydrogens is 416 g/mol. The zero-order valence-electron chi connectivity index (χ0n) is 17.7. The molecule has 0 fully saturated rings. The maximum atomic E-state index is 13.0. The maximum absolute atomic E-state index is 13.0. The largest absolute Gasteiger partial charge is 0.493 e. The fourth-order valence-corrected chi connectivity index (χ4v) is 5.12. The second-order valence-corrected chi connectivity index (χ2v) is 8.70. The highest BCUT2D eigenvalue weighted by molar-refractivity contribution is 7.18. The van der Waals surface area contributed by atoms with Crippen LogP contribution in [0.3, 0.4) is 0 Å². The van der Waals surface area contributed by atoms with Crippen molar-refractivity contribution in [2.45, 2.75) is 32.7 Å². The molecule has 1 N–H and O–H groups in total. The van der Waals surface area contributed by atoms with Gasteiger partial charge in [0.15, 0.2) is 11.5 Å². The summed E-state index contributed by atoms with van der Waals surface area (Å²) in [7, 11) is 3.11. The topological polar surface area (TPSA) is 94.8 Å². The SMILES string of the molecule is COc1ccc(C=NNC(=O)Cn2cnc3sc4c(c3c2=O)CC[C@H](C)C4)cc1OC. The van der Waals surface area contributed by atoms with Crippen molar-refractivity contribution in [3.63, 3.8) is 0 Å². The Morgan fingerprint density at radius 1 is 1.35 bits per heavy atom. The summed E-state index contributed by atoms with van der Waals surface area (Å²) in [6.45, 7) is 2.08. The van der Waals surface area contributed by atoms with Gasteiger partial charge >= 0.3 is 0 Å². The van der Waals surface area contributed by atoms with Gasteiger partial charge in [-0.05, 0) is 54.5 Å². The average Bonchev–Trinajstić information content (AvgIpc) is 3.13. The number of fused-ring (bicyclic) bond motifs is 3. The average molecular weight is 441 g/mol. The molecule has 4 rings (SSSR count). The zero-order chi connectivity index (χ0) is 22.0. The van der Waals surface area contributed by atoms with Gasteiger partial charge in [-0.25, -0.2) is 10.4 Å². The summed E-state index contributed by atoms with van der Waals surface area (Å²) >= 11 is 1.59. The van der Waals surface area contributed by atoms with Crippen molar-refractivity contribution in [1.29, 1.82) is 0 Å². The smallest absolute Gasteiger partial charge is 0.262 e. The van der Waals surface area contributed by atoms with E-state index in [0.717, 1.165) is 35.2 Å². The van der Waals surface area contributed by atoms with E-state index >= 15 is 0 Å². The third-order valence-corrected chi connectivity index (χ3v) is 6.57. The normalized spacial score (nSPS) is 15.8. The van der Waals surface area contributed by atoms with Crippen LogP contribution < -0.4 is 20.5 Å². The molecule has 0 aliphatic heterocycles. The molecule has 162 valence electrons. The predicted molar refractivity (Wildman–Crippen MR) is 120 cm³/mol. The molecule has 1 aliphatic rings. The number of thiophene rings is 1. The summed E-state index contributed by atoms with van der Waals surface area (Å²) in [6.07, 6.45) is 5.88. The van der Waals surface area contributed by atoms with Gasteiger partial charge in [-0.3, -0.25) is 14.2 Å². The summed E-state index contributed by atoms with van der Waals surface area (Å²) < 4.78 is 11.8. The number of methoxy groups -OCH3 is 2. The van der Waals surface area contributed by atoms with Crippen LogP contribution in [-0.4, -0.2) is 35.9 Å². The van der Waals surface area contributed by atoms with E-state index in [4.69, 9.17) is 9.47 Å². The van der Waals surface area contributed by atoms with Crippen molar-refractivity contribution in [2.24, 2.45) is 11.0 Å². The lowest BCUT2D eigenvalue weighted by molar-refractivity contribution is -0.121. The molecule has 9 heteroatoms. The van der Waals surface area contributed by atoms with Crippen LogP contribution in [0.15, 0.2) is 34.4 Å². The molecule has 3 aromatic rings. The van der Waals surface area contributed by atoms with E-state index in [1.807, 2.05) is 0 Å². The van der Waals surface area contributed by atoms with Gasteiger partial charge in [0.05, 0.1) is 32.1 Å². The first-order chi connectivity index (χ1) is 15.0. The van der Waals surface area contributed by atoms with E-state index in [-0.39, 0.29) is 12.1 Å². The number of ether oxygens (including phenoxy) is 2. The van der Waals surface area contributed by atoms with Crippen molar-refractivity contribution in [2.75, 3.05) is 14.2 Å². The number of amides is 1. The highest BCUT2D eigenvalue weighted by Gasteiger charge is 2.23. The van der Waals surface area contributed by atoms with Crippen LogP contribution in [0.25, 0.3) is 10.2 Å². The van der Waals surface area contributed by atoms with Crippen molar-refractivity contribution in [1.82, 2.24) is 15.0 Å². The minimum atomic E-state index is -0.405. The van der Waals surface area contributed by atoms with E-state index in [1.54, 1.807) is 43.8 Å². The van der Waals surface area contributed by atoms with Crippen molar-refractivity contribution < 1.29 is 14.3 Å². The van der Waals surface area contributed by atoms with Crippen LogP contribution in [0.5, 0.6) is 11.5 Å².